The van der Waals surface area contributed by atoms with E-state index in [4.69, 9.17) is 0 Å². The van der Waals surface area contributed by atoms with Crippen LogP contribution in [0.25, 0.3) is 0 Å². The number of hydrogen-bond donors (Lipinski definition) is 2. The van der Waals surface area contributed by atoms with Gasteiger partial charge in [0.25, 0.3) is 0 Å². The molecular weight excluding hydrogens is 300 g/mol. The van der Waals surface area contributed by atoms with E-state index >= 15 is 0 Å². The Morgan fingerprint density at radius 3 is 2.76 bits per heavy atom. The standard InChI is InChI=1S/C12H19BrN2OS/c1-8(2)5-15-12(16)7-14-6-10-4-11(13)9(3)17-10/h4,8,14H,5-7H2,1-3H3,(H,15,16). The van der Waals surface area contributed by atoms with Gasteiger partial charge in [-0.15, -0.1) is 11.3 Å². The number of thiophene rings is 1. The Balaban J connectivity index is 2.21. The molecule has 5 heteroatoms. The number of halogens is 1. The molecule has 1 aromatic heterocycles. The van der Waals surface area contributed by atoms with Gasteiger partial charge in [0.2, 0.25) is 5.91 Å². The molecule has 0 radical (unpaired) electrons. The summed E-state index contributed by atoms with van der Waals surface area (Å²) < 4.78 is 1.14. The maximum atomic E-state index is 11.4. The molecule has 0 unspecified atom stereocenters. The summed E-state index contributed by atoms with van der Waals surface area (Å²) in [5.74, 6) is 0.556. The van der Waals surface area contributed by atoms with Crippen molar-refractivity contribution in [2.45, 2.75) is 27.3 Å². The smallest absolute Gasteiger partial charge is 0.233 e. The second kappa shape index (κ2) is 7.13. The molecule has 0 aliphatic carbocycles. The van der Waals surface area contributed by atoms with Crippen molar-refractivity contribution in [1.29, 1.82) is 0 Å². The lowest BCUT2D eigenvalue weighted by molar-refractivity contribution is -0.120. The normalized spacial score (nSPS) is 10.9. The Morgan fingerprint density at radius 2 is 2.24 bits per heavy atom. The van der Waals surface area contributed by atoms with Crippen molar-refractivity contribution in [1.82, 2.24) is 10.6 Å². The van der Waals surface area contributed by atoms with Crippen LogP contribution in [0.1, 0.15) is 23.6 Å². The van der Waals surface area contributed by atoms with Gasteiger partial charge in [-0.05, 0) is 34.8 Å². The van der Waals surface area contributed by atoms with E-state index in [-0.39, 0.29) is 5.91 Å². The molecule has 0 saturated heterocycles. The van der Waals surface area contributed by atoms with E-state index in [1.165, 1.54) is 9.75 Å². The van der Waals surface area contributed by atoms with Crippen molar-refractivity contribution >= 4 is 33.2 Å². The highest BCUT2D eigenvalue weighted by atomic mass is 79.9. The van der Waals surface area contributed by atoms with Crippen LogP contribution in [0.15, 0.2) is 10.5 Å². The minimum Gasteiger partial charge on any atom is -0.355 e. The highest BCUT2D eigenvalue weighted by Gasteiger charge is 2.04. The minimum atomic E-state index is 0.0612. The van der Waals surface area contributed by atoms with Crippen LogP contribution < -0.4 is 10.6 Å². The number of amides is 1. The number of hydrogen-bond acceptors (Lipinski definition) is 3. The van der Waals surface area contributed by atoms with E-state index in [1.54, 1.807) is 11.3 Å². The average Bonchev–Trinajstić information content (AvgIpc) is 2.55. The van der Waals surface area contributed by atoms with Crippen molar-refractivity contribution < 1.29 is 4.79 Å². The quantitative estimate of drug-likeness (QED) is 0.846. The summed E-state index contributed by atoms with van der Waals surface area (Å²) >= 11 is 5.22. The molecule has 0 fully saturated rings. The van der Waals surface area contributed by atoms with Crippen molar-refractivity contribution in [2.24, 2.45) is 5.92 Å². The number of carbonyl (C=O) groups is 1. The van der Waals surface area contributed by atoms with Crippen molar-refractivity contribution in [2.75, 3.05) is 13.1 Å². The molecule has 0 aliphatic heterocycles. The Morgan fingerprint density at radius 1 is 1.53 bits per heavy atom. The van der Waals surface area contributed by atoms with Gasteiger partial charge in [-0.25, -0.2) is 0 Å². The Kier molecular flexibility index (Phi) is 6.16. The zero-order chi connectivity index (χ0) is 12.8. The molecule has 0 spiro atoms. The zero-order valence-electron chi connectivity index (χ0n) is 10.5. The predicted molar refractivity (Wildman–Crippen MR) is 76.3 cm³/mol. The molecule has 1 rings (SSSR count). The SMILES string of the molecule is Cc1sc(CNCC(=O)NCC(C)C)cc1Br. The monoisotopic (exact) mass is 318 g/mol. The van der Waals surface area contributed by atoms with Crippen LogP contribution in [0.4, 0.5) is 0 Å². The molecule has 2 N–H and O–H groups in total. The molecule has 1 heterocycles. The third-order valence-corrected chi connectivity index (χ3v) is 4.34. The van der Waals surface area contributed by atoms with E-state index < -0.39 is 0 Å². The van der Waals surface area contributed by atoms with Gasteiger partial charge >= 0.3 is 0 Å². The fraction of sp³-hybridized carbons (Fsp3) is 0.583. The van der Waals surface area contributed by atoms with E-state index in [9.17, 15) is 4.79 Å². The Labute approximate surface area is 115 Å². The van der Waals surface area contributed by atoms with Crippen molar-refractivity contribution in [3.05, 3.63) is 20.3 Å². The third kappa shape index (κ3) is 5.66. The van der Waals surface area contributed by atoms with Crippen LogP contribution in [-0.4, -0.2) is 19.0 Å². The second-order valence-electron chi connectivity index (χ2n) is 4.42. The first-order valence-electron chi connectivity index (χ1n) is 5.71. The third-order valence-electron chi connectivity index (χ3n) is 2.20. The molecule has 0 saturated carbocycles. The van der Waals surface area contributed by atoms with Crippen LogP contribution in [0.2, 0.25) is 0 Å². The number of carbonyl (C=O) groups excluding carboxylic acids is 1. The van der Waals surface area contributed by atoms with Gasteiger partial charge in [0, 0.05) is 27.3 Å². The first-order valence-corrected chi connectivity index (χ1v) is 7.32. The van der Waals surface area contributed by atoms with Gasteiger partial charge in [0.1, 0.15) is 0 Å². The summed E-state index contributed by atoms with van der Waals surface area (Å²) in [5, 5.41) is 6.02. The molecule has 0 atom stereocenters. The number of nitrogens with one attached hydrogen (secondary N) is 2. The van der Waals surface area contributed by atoms with E-state index in [2.05, 4.69) is 53.4 Å². The highest BCUT2D eigenvalue weighted by Crippen LogP contribution is 2.25. The van der Waals surface area contributed by atoms with Crippen LogP contribution in [-0.2, 0) is 11.3 Å². The first kappa shape index (κ1) is 14.7. The molecule has 3 nitrogen and oxygen atoms in total. The highest BCUT2D eigenvalue weighted by molar-refractivity contribution is 9.10. The summed E-state index contributed by atoms with van der Waals surface area (Å²) in [6.45, 7) is 8.10. The van der Waals surface area contributed by atoms with Crippen molar-refractivity contribution in [3.63, 3.8) is 0 Å². The number of rotatable bonds is 6. The summed E-state index contributed by atoms with van der Waals surface area (Å²) in [4.78, 5) is 13.9. The van der Waals surface area contributed by atoms with Gasteiger partial charge in [-0.2, -0.15) is 0 Å². The molecule has 1 amide bonds. The maximum absolute atomic E-state index is 11.4. The van der Waals surface area contributed by atoms with Gasteiger partial charge in [-0.3, -0.25) is 4.79 Å². The molecule has 0 aliphatic rings. The summed E-state index contributed by atoms with van der Waals surface area (Å²) in [6, 6.07) is 2.10. The fourth-order valence-electron chi connectivity index (χ4n) is 1.28. The lowest BCUT2D eigenvalue weighted by Gasteiger charge is -2.07. The summed E-state index contributed by atoms with van der Waals surface area (Å²) in [7, 11) is 0. The van der Waals surface area contributed by atoms with Gasteiger partial charge in [0.05, 0.1) is 6.54 Å². The average molecular weight is 319 g/mol. The fourth-order valence-corrected chi connectivity index (χ4v) is 2.86. The second-order valence-corrected chi connectivity index (χ2v) is 6.61. The maximum Gasteiger partial charge on any atom is 0.233 e. The Bertz CT molecular complexity index is 357. The summed E-state index contributed by atoms with van der Waals surface area (Å²) in [6.07, 6.45) is 0. The predicted octanol–water partition coefficient (Wildman–Crippen LogP) is 2.68. The molecule has 17 heavy (non-hydrogen) atoms. The van der Waals surface area contributed by atoms with Gasteiger partial charge in [-0.1, -0.05) is 13.8 Å². The molecule has 96 valence electrons. The molecule has 0 aromatic carbocycles. The van der Waals surface area contributed by atoms with E-state index in [0.717, 1.165) is 17.6 Å². The minimum absolute atomic E-state index is 0.0612. The largest absolute Gasteiger partial charge is 0.355 e. The van der Waals surface area contributed by atoms with Crippen LogP contribution in [0.5, 0.6) is 0 Å². The van der Waals surface area contributed by atoms with Crippen LogP contribution in [0.3, 0.4) is 0 Å². The molecule has 1 aromatic rings. The number of aryl methyl sites for hydroxylation is 1. The summed E-state index contributed by atoms with van der Waals surface area (Å²) in [5.41, 5.74) is 0. The van der Waals surface area contributed by atoms with Crippen molar-refractivity contribution in [3.8, 4) is 0 Å². The van der Waals surface area contributed by atoms with Gasteiger partial charge < -0.3 is 10.6 Å². The molecule has 0 bridgehead atoms. The van der Waals surface area contributed by atoms with Crippen LogP contribution in [0, 0.1) is 12.8 Å². The van der Waals surface area contributed by atoms with E-state index in [1.807, 2.05) is 0 Å². The first-order chi connectivity index (χ1) is 7.99. The zero-order valence-corrected chi connectivity index (χ0v) is 12.9. The van der Waals surface area contributed by atoms with Crippen LogP contribution >= 0.6 is 27.3 Å². The van der Waals surface area contributed by atoms with Gasteiger partial charge in [0.15, 0.2) is 0 Å². The van der Waals surface area contributed by atoms with E-state index in [0.29, 0.717) is 12.5 Å². The lowest BCUT2D eigenvalue weighted by Crippen LogP contribution is -2.35. The molecular formula is C12H19BrN2OS. The lowest BCUT2D eigenvalue weighted by atomic mass is 10.2. The Hall–Kier alpha value is -0.390. The topological polar surface area (TPSA) is 41.1 Å².